The predicted molar refractivity (Wildman–Crippen MR) is 156 cm³/mol. The highest BCUT2D eigenvalue weighted by Crippen LogP contribution is 2.77. The Balaban J connectivity index is 1.07. The van der Waals surface area contributed by atoms with Crippen molar-refractivity contribution < 1.29 is 23.6 Å². The number of thiophene rings is 1. The zero-order valence-electron chi connectivity index (χ0n) is 22.9. The van der Waals surface area contributed by atoms with Gasteiger partial charge in [0.25, 0.3) is 0 Å². The minimum atomic E-state index is -1.44. The normalized spacial score (nSPS) is 23.5. The quantitative estimate of drug-likeness (QED) is 0.116. The number of aliphatic hydroxyl groups is 1. The molecule has 3 aromatic heterocycles. The summed E-state index contributed by atoms with van der Waals surface area (Å²) in [7, 11) is 0. The van der Waals surface area contributed by atoms with E-state index < -0.39 is 12.2 Å². The minimum Gasteiger partial charge on any atom is -0.511 e. The third kappa shape index (κ3) is 6.36. The highest BCUT2D eigenvalue weighted by molar-refractivity contribution is 7.20. The number of carbonyl (C=O) groups is 1. The van der Waals surface area contributed by atoms with Gasteiger partial charge in [0.2, 0.25) is 0 Å². The number of alkyl halides is 1. The van der Waals surface area contributed by atoms with Crippen LogP contribution in [0.4, 0.5) is 15.0 Å². The van der Waals surface area contributed by atoms with E-state index in [1.165, 1.54) is 36.7 Å². The van der Waals surface area contributed by atoms with Crippen molar-refractivity contribution in [3.8, 4) is 5.75 Å². The molecular formula is C30H32FN5O4S. The molecule has 3 heterocycles. The Morgan fingerprint density at radius 3 is 2.85 bits per heavy atom. The number of carbonyl (C=O) groups excluding carboxylic acids is 1. The molecule has 11 heteroatoms. The van der Waals surface area contributed by atoms with E-state index in [9.17, 15) is 9.90 Å². The molecule has 214 valence electrons. The van der Waals surface area contributed by atoms with Crippen LogP contribution in [0, 0.1) is 18.3 Å². The molecule has 3 aromatic rings. The zero-order chi connectivity index (χ0) is 28.6. The average molecular weight is 578 g/mol. The number of halogens is 1. The SMILES string of the molecule is C/C(=C\C=C(/O)CNCCC12CC1C2)c1cc2nccc(OC3=CC=C(NC(=O)Nc4cc(C)on4)CC3F)c2s1. The minimum absolute atomic E-state index is 0.0467. The molecule has 2 saturated carbocycles. The third-order valence-corrected chi connectivity index (χ3v) is 9.05. The number of anilines is 1. The summed E-state index contributed by atoms with van der Waals surface area (Å²) < 4.78 is 26.8. The van der Waals surface area contributed by atoms with E-state index in [0.29, 0.717) is 34.9 Å². The van der Waals surface area contributed by atoms with Crippen LogP contribution in [-0.2, 0) is 0 Å². The molecule has 4 N–H and O–H groups in total. The van der Waals surface area contributed by atoms with Crippen LogP contribution in [0.5, 0.6) is 5.75 Å². The number of nitrogens with one attached hydrogen (secondary N) is 3. The van der Waals surface area contributed by atoms with Crippen molar-refractivity contribution in [3.05, 3.63) is 76.6 Å². The number of allylic oxidation sites excluding steroid dienone is 7. The molecule has 0 bridgehead atoms. The second-order valence-corrected chi connectivity index (χ2v) is 12.0. The van der Waals surface area contributed by atoms with Crippen LogP contribution < -0.4 is 20.7 Å². The fraction of sp³-hybridized carbons (Fsp3) is 0.367. The highest BCUT2D eigenvalue weighted by atomic mass is 32.1. The van der Waals surface area contributed by atoms with Gasteiger partial charge in [-0.25, -0.2) is 9.18 Å². The summed E-state index contributed by atoms with van der Waals surface area (Å²) in [6.45, 7) is 5.08. The fourth-order valence-corrected chi connectivity index (χ4v) is 6.05. The highest BCUT2D eigenvalue weighted by Gasteiger charge is 2.68. The number of pyridine rings is 1. The van der Waals surface area contributed by atoms with Gasteiger partial charge >= 0.3 is 6.03 Å². The number of aryl methyl sites for hydroxylation is 1. The summed E-state index contributed by atoms with van der Waals surface area (Å²) in [5, 5.41) is 22.5. The van der Waals surface area contributed by atoms with E-state index in [-0.39, 0.29) is 18.0 Å². The molecule has 0 aromatic carbocycles. The summed E-state index contributed by atoms with van der Waals surface area (Å²) in [6.07, 6.45) is 10.9. The van der Waals surface area contributed by atoms with Crippen molar-refractivity contribution in [2.75, 3.05) is 18.4 Å². The molecule has 3 aliphatic carbocycles. The molecule has 0 radical (unpaired) electrons. The Kier molecular flexibility index (Phi) is 7.39. The van der Waals surface area contributed by atoms with Crippen LogP contribution in [-0.4, -0.2) is 40.5 Å². The molecule has 1 atom stereocenters. The average Bonchev–Trinajstić information content (AvgIpc) is 3.65. The van der Waals surface area contributed by atoms with Gasteiger partial charge in [0.05, 0.1) is 16.8 Å². The Morgan fingerprint density at radius 2 is 2.12 bits per heavy atom. The van der Waals surface area contributed by atoms with Crippen molar-refractivity contribution in [2.24, 2.45) is 11.3 Å². The topological polar surface area (TPSA) is 122 Å². The lowest BCUT2D eigenvalue weighted by atomic mass is 10.1. The summed E-state index contributed by atoms with van der Waals surface area (Å²) in [4.78, 5) is 17.6. The van der Waals surface area contributed by atoms with Crippen LogP contribution >= 0.6 is 11.3 Å². The van der Waals surface area contributed by atoms with Crippen LogP contribution in [0.15, 0.2) is 70.4 Å². The summed E-state index contributed by atoms with van der Waals surface area (Å²) >= 11 is 1.49. The molecule has 41 heavy (non-hydrogen) atoms. The van der Waals surface area contributed by atoms with Gasteiger partial charge in [-0.15, -0.1) is 11.3 Å². The van der Waals surface area contributed by atoms with Crippen LogP contribution in [0.25, 0.3) is 15.8 Å². The maximum atomic E-state index is 15.1. The lowest BCUT2D eigenvalue weighted by molar-refractivity contribution is 0.249. The first kappa shape index (κ1) is 27.2. The number of aliphatic hydroxyl groups excluding tert-OH is 1. The van der Waals surface area contributed by atoms with E-state index in [2.05, 4.69) is 26.1 Å². The van der Waals surface area contributed by atoms with E-state index in [1.807, 2.05) is 19.1 Å². The maximum Gasteiger partial charge on any atom is 0.324 e. The summed E-state index contributed by atoms with van der Waals surface area (Å²) in [5.41, 5.74) is 2.79. The molecule has 0 aliphatic heterocycles. The van der Waals surface area contributed by atoms with Gasteiger partial charge < -0.3 is 25.0 Å². The number of ether oxygens (including phenoxy) is 1. The van der Waals surface area contributed by atoms with Gasteiger partial charge in [-0.05, 0) is 80.9 Å². The van der Waals surface area contributed by atoms with Crippen LogP contribution in [0.2, 0.25) is 0 Å². The number of hydrogen-bond acceptors (Lipinski definition) is 8. The summed E-state index contributed by atoms with van der Waals surface area (Å²) in [5.74, 6) is 2.77. The second kappa shape index (κ2) is 11.1. The lowest BCUT2D eigenvalue weighted by Gasteiger charge is -2.20. The van der Waals surface area contributed by atoms with Crippen molar-refractivity contribution in [1.29, 1.82) is 0 Å². The number of fused-ring (bicyclic) bond motifs is 2. The van der Waals surface area contributed by atoms with E-state index in [1.54, 1.807) is 37.4 Å². The van der Waals surface area contributed by atoms with Crippen LogP contribution in [0.3, 0.4) is 0 Å². The first-order chi connectivity index (χ1) is 19.8. The first-order valence-electron chi connectivity index (χ1n) is 13.7. The Labute approximate surface area is 240 Å². The van der Waals surface area contributed by atoms with Gasteiger partial charge in [0.1, 0.15) is 23.0 Å². The van der Waals surface area contributed by atoms with Crippen LogP contribution in [0.1, 0.15) is 43.2 Å². The zero-order valence-corrected chi connectivity index (χ0v) is 23.7. The van der Waals surface area contributed by atoms with Crippen molar-refractivity contribution in [2.45, 2.75) is 45.7 Å². The molecule has 2 fully saturated rings. The molecule has 2 amide bonds. The molecular weight excluding hydrogens is 545 g/mol. The third-order valence-electron chi connectivity index (χ3n) is 7.78. The number of nitrogens with zero attached hydrogens (tertiary/aromatic N) is 2. The molecule has 1 unspecified atom stereocenters. The van der Waals surface area contributed by atoms with Gasteiger partial charge in [0.15, 0.2) is 12.0 Å². The lowest BCUT2D eigenvalue weighted by Crippen LogP contribution is -2.31. The number of rotatable bonds is 11. The number of urea groups is 1. The van der Waals surface area contributed by atoms with Crippen molar-refractivity contribution in [3.63, 3.8) is 0 Å². The van der Waals surface area contributed by atoms with E-state index in [0.717, 1.165) is 33.1 Å². The Bertz CT molecular complexity index is 1600. The van der Waals surface area contributed by atoms with Crippen molar-refractivity contribution in [1.82, 2.24) is 20.8 Å². The predicted octanol–water partition coefficient (Wildman–Crippen LogP) is 6.54. The van der Waals surface area contributed by atoms with Gasteiger partial charge in [-0.1, -0.05) is 11.2 Å². The Hall–Kier alpha value is -3.96. The van der Waals surface area contributed by atoms with Gasteiger partial charge in [0, 0.05) is 35.3 Å². The Morgan fingerprint density at radius 1 is 1.29 bits per heavy atom. The molecule has 0 saturated heterocycles. The number of amides is 2. The monoisotopic (exact) mass is 577 g/mol. The standard InChI is InChI=1S/C30H32FN5O4S/c1-17(3-5-21(37)16-32-10-8-30-14-19(30)15-30)26-13-23-28(41-26)25(7-9-33-23)39-24-6-4-20(12-22(24)31)34-29(38)35-27-11-18(2)40-36-27/h3-7,9,11,13,19,22,32,37H,8,10,12,14-16H2,1-2H3,(H2,34,35,36,38)/b17-3+,21-5-. The molecule has 6 rings (SSSR count). The van der Waals surface area contributed by atoms with E-state index >= 15 is 4.39 Å². The molecule has 3 aliphatic rings. The first-order valence-corrected chi connectivity index (χ1v) is 14.5. The van der Waals surface area contributed by atoms with Crippen molar-refractivity contribution >= 4 is 39.0 Å². The maximum absolute atomic E-state index is 15.1. The fourth-order valence-electron chi connectivity index (χ4n) is 5.00. The number of hydrogen-bond donors (Lipinski definition) is 4. The number of aromatic nitrogens is 2. The molecule has 9 nitrogen and oxygen atoms in total. The second-order valence-electron chi connectivity index (χ2n) is 11.0. The smallest absolute Gasteiger partial charge is 0.324 e. The summed E-state index contributed by atoms with van der Waals surface area (Å²) in [6, 6.07) is 4.71. The largest absolute Gasteiger partial charge is 0.511 e. The van der Waals surface area contributed by atoms with Gasteiger partial charge in [-0.3, -0.25) is 10.3 Å². The van der Waals surface area contributed by atoms with Gasteiger partial charge in [-0.2, -0.15) is 0 Å². The van der Waals surface area contributed by atoms with E-state index in [4.69, 9.17) is 9.26 Å². The molecule has 0 spiro atoms.